The molecule has 0 bridgehead atoms. The quantitative estimate of drug-likeness (QED) is 0.851. The molecule has 112 valence electrons. The van der Waals surface area contributed by atoms with Crippen LogP contribution in [0.25, 0.3) is 0 Å². The van der Waals surface area contributed by atoms with Gasteiger partial charge in [0.05, 0.1) is 7.11 Å². The molecular formula is C17H18BrFO2. The molecule has 2 aromatic carbocycles. The van der Waals surface area contributed by atoms with E-state index in [1.54, 1.807) is 18.2 Å². The van der Waals surface area contributed by atoms with E-state index in [-0.39, 0.29) is 24.1 Å². The van der Waals surface area contributed by atoms with Gasteiger partial charge in [0.1, 0.15) is 0 Å². The molecule has 0 saturated carbocycles. The second-order valence-electron chi connectivity index (χ2n) is 4.98. The van der Waals surface area contributed by atoms with Gasteiger partial charge >= 0.3 is 0 Å². The lowest BCUT2D eigenvalue weighted by atomic mass is 9.93. The van der Waals surface area contributed by atoms with Gasteiger partial charge in [0.15, 0.2) is 11.6 Å². The molecule has 0 aromatic heterocycles. The highest BCUT2D eigenvalue weighted by Gasteiger charge is 2.16. The Morgan fingerprint density at radius 2 is 1.76 bits per heavy atom. The van der Waals surface area contributed by atoms with Crippen molar-refractivity contribution in [3.05, 3.63) is 63.9 Å². The van der Waals surface area contributed by atoms with E-state index >= 15 is 0 Å². The van der Waals surface area contributed by atoms with Crippen LogP contribution in [0.5, 0.6) is 5.75 Å². The first-order valence-corrected chi connectivity index (χ1v) is 7.60. The van der Waals surface area contributed by atoms with E-state index in [0.717, 1.165) is 10.0 Å². The van der Waals surface area contributed by atoms with Crippen LogP contribution in [0.4, 0.5) is 4.39 Å². The van der Waals surface area contributed by atoms with E-state index in [1.165, 1.54) is 7.11 Å². The van der Waals surface area contributed by atoms with E-state index in [4.69, 9.17) is 4.74 Å². The van der Waals surface area contributed by atoms with Crippen molar-refractivity contribution in [2.45, 2.75) is 12.8 Å². The summed E-state index contributed by atoms with van der Waals surface area (Å²) in [5, 5.41) is 9.59. The first-order chi connectivity index (χ1) is 10.2. The summed E-state index contributed by atoms with van der Waals surface area (Å²) < 4.78 is 20.2. The summed E-state index contributed by atoms with van der Waals surface area (Å²) >= 11 is 3.50. The van der Waals surface area contributed by atoms with Gasteiger partial charge < -0.3 is 9.84 Å². The van der Waals surface area contributed by atoms with Crippen molar-refractivity contribution in [2.24, 2.45) is 5.92 Å². The van der Waals surface area contributed by atoms with Crippen molar-refractivity contribution in [2.75, 3.05) is 13.7 Å². The monoisotopic (exact) mass is 352 g/mol. The number of ether oxygens (including phenoxy) is 1. The van der Waals surface area contributed by atoms with Crippen LogP contribution in [0.15, 0.2) is 46.9 Å². The Balaban J connectivity index is 2.15. The number of rotatable bonds is 6. The minimum absolute atomic E-state index is 0.0119. The van der Waals surface area contributed by atoms with E-state index in [2.05, 4.69) is 15.9 Å². The van der Waals surface area contributed by atoms with E-state index in [9.17, 15) is 9.50 Å². The van der Waals surface area contributed by atoms with Crippen molar-refractivity contribution in [3.63, 3.8) is 0 Å². The van der Waals surface area contributed by atoms with Crippen LogP contribution < -0.4 is 4.74 Å². The van der Waals surface area contributed by atoms with Crippen LogP contribution in [0.2, 0.25) is 0 Å². The second-order valence-corrected chi connectivity index (χ2v) is 5.84. The third kappa shape index (κ3) is 4.05. The summed E-state index contributed by atoms with van der Waals surface area (Å²) in [6.45, 7) is 0.0119. The molecule has 0 amide bonds. The zero-order chi connectivity index (χ0) is 15.2. The molecule has 0 fully saturated rings. The Bertz CT molecular complexity index is 601. The van der Waals surface area contributed by atoms with Gasteiger partial charge in [0.25, 0.3) is 0 Å². The highest BCUT2D eigenvalue weighted by molar-refractivity contribution is 9.10. The molecule has 1 atom stereocenters. The van der Waals surface area contributed by atoms with Crippen molar-refractivity contribution in [1.82, 2.24) is 0 Å². The van der Waals surface area contributed by atoms with Crippen LogP contribution in [-0.4, -0.2) is 18.8 Å². The summed E-state index contributed by atoms with van der Waals surface area (Å²) in [5.74, 6) is -0.138. The normalized spacial score (nSPS) is 12.2. The molecular weight excluding hydrogens is 335 g/mol. The molecule has 2 aromatic rings. The molecule has 0 heterocycles. The minimum Gasteiger partial charge on any atom is -0.494 e. The molecule has 1 N–H and O–H groups in total. The average molecular weight is 353 g/mol. The topological polar surface area (TPSA) is 29.5 Å². The van der Waals surface area contributed by atoms with Gasteiger partial charge in [-0.1, -0.05) is 46.3 Å². The summed E-state index contributed by atoms with van der Waals surface area (Å²) in [6, 6.07) is 13.0. The van der Waals surface area contributed by atoms with Crippen molar-refractivity contribution < 1.29 is 14.2 Å². The standard InChI is InChI=1S/C17H18BrFO2/c1-21-16-8-4-6-14(17(16)19)10-12(11-20)9-13-5-2-3-7-15(13)18/h2-8,12,20H,9-11H2,1H3. The van der Waals surface area contributed by atoms with Crippen LogP contribution in [0.3, 0.4) is 0 Å². The van der Waals surface area contributed by atoms with Crippen molar-refractivity contribution in [3.8, 4) is 5.75 Å². The highest BCUT2D eigenvalue weighted by Crippen LogP contribution is 2.25. The summed E-state index contributed by atoms with van der Waals surface area (Å²) in [6.07, 6.45) is 1.16. The Hall–Kier alpha value is -1.39. The van der Waals surface area contributed by atoms with Crippen LogP contribution >= 0.6 is 15.9 Å². The predicted octanol–water partition coefficient (Wildman–Crippen LogP) is 3.99. The number of methoxy groups -OCH3 is 1. The summed E-state index contributed by atoms with van der Waals surface area (Å²) in [5.41, 5.74) is 1.68. The first kappa shape index (κ1) is 16.0. The Kier molecular flexibility index (Phi) is 5.76. The van der Waals surface area contributed by atoms with Gasteiger partial charge in [-0.2, -0.15) is 0 Å². The number of benzene rings is 2. The Morgan fingerprint density at radius 3 is 2.43 bits per heavy atom. The summed E-state index contributed by atoms with van der Waals surface area (Å²) in [4.78, 5) is 0. The third-order valence-electron chi connectivity index (χ3n) is 3.50. The molecule has 0 aliphatic rings. The molecule has 2 nitrogen and oxygen atoms in total. The van der Waals surface area contributed by atoms with Gasteiger partial charge in [-0.3, -0.25) is 0 Å². The fourth-order valence-corrected chi connectivity index (χ4v) is 2.81. The molecule has 0 aliphatic heterocycles. The zero-order valence-corrected chi connectivity index (χ0v) is 13.4. The lowest BCUT2D eigenvalue weighted by molar-refractivity contribution is 0.223. The molecule has 0 spiro atoms. The zero-order valence-electron chi connectivity index (χ0n) is 11.9. The number of aliphatic hydroxyl groups is 1. The van der Waals surface area contributed by atoms with E-state index < -0.39 is 0 Å². The average Bonchev–Trinajstić information content (AvgIpc) is 2.50. The lowest BCUT2D eigenvalue weighted by Crippen LogP contribution is -2.14. The summed E-state index contributed by atoms with van der Waals surface area (Å²) in [7, 11) is 1.45. The Labute approximate surface area is 132 Å². The molecule has 0 radical (unpaired) electrons. The van der Waals surface area contributed by atoms with Gasteiger partial charge in [-0.05, 0) is 42.0 Å². The third-order valence-corrected chi connectivity index (χ3v) is 4.27. The number of aliphatic hydroxyl groups excluding tert-OH is 1. The van der Waals surface area contributed by atoms with Crippen LogP contribution in [0.1, 0.15) is 11.1 Å². The Morgan fingerprint density at radius 1 is 1.10 bits per heavy atom. The number of hydrogen-bond acceptors (Lipinski definition) is 2. The maximum atomic E-state index is 14.2. The maximum Gasteiger partial charge on any atom is 0.168 e. The fraction of sp³-hybridized carbons (Fsp3) is 0.294. The molecule has 2 rings (SSSR count). The van der Waals surface area contributed by atoms with Crippen LogP contribution in [0, 0.1) is 11.7 Å². The molecule has 1 unspecified atom stereocenters. The smallest absolute Gasteiger partial charge is 0.168 e. The van der Waals surface area contributed by atoms with Gasteiger partial charge in [0, 0.05) is 11.1 Å². The van der Waals surface area contributed by atoms with E-state index in [1.807, 2.05) is 24.3 Å². The number of hydrogen-bond donors (Lipinski definition) is 1. The van der Waals surface area contributed by atoms with Gasteiger partial charge in [-0.15, -0.1) is 0 Å². The molecule has 21 heavy (non-hydrogen) atoms. The molecule has 0 saturated heterocycles. The van der Waals surface area contributed by atoms with Gasteiger partial charge in [-0.25, -0.2) is 4.39 Å². The molecule has 0 aliphatic carbocycles. The fourth-order valence-electron chi connectivity index (χ4n) is 2.36. The SMILES string of the molecule is COc1cccc(CC(CO)Cc2ccccc2Br)c1F. The predicted molar refractivity (Wildman–Crippen MR) is 85.1 cm³/mol. The molecule has 4 heteroatoms. The van der Waals surface area contributed by atoms with Crippen molar-refractivity contribution in [1.29, 1.82) is 0 Å². The minimum atomic E-state index is -0.342. The lowest BCUT2D eigenvalue weighted by Gasteiger charge is -2.16. The van der Waals surface area contributed by atoms with Crippen molar-refractivity contribution >= 4 is 15.9 Å². The van der Waals surface area contributed by atoms with E-state index in [0.29, 0.717) is 18.4 Å². The largest absolute Gasteiger partial charge is 0.494 e. The number of halogens is 2. The highest BCUT2D eigenvalue weighted by atomic mass is 79.9. The second kappa shape index (κ2) is 7.57. The first-order valence-electron chi connectivity index (χ1n) is 6.81. The maximum absolute atomic E-state index is 14.2. The van der Waals surface area contributed by atoms with Gasteiger partial charge in [0.2, 0.25) is 0 Å². The van der Waals surface area contributed by atoms with Crippen LogP contribution in [-0.2, 0) is 12.8 Å².